The van der Waals surface area contributed by atoms with Gasteiger partial charge in [-0.25, -0.2) is 0 Å². The fourth-order valence-electron chi connectivity index (χ4n) is 6.11. The average molecular weight is 650 g/mol. The molecule has 1 N–H and O–H groups in total. The number of halogens is 3. The van der Waals surface area contributed by atoms with E-state index in [1.807, 2.05) is 31.2 Å². The van der Waals surface area contributed by atoms with Crippen LogP contribution in [0.5, 0.6) is 11.5 Å². The zero-order valence-electron chi connectivity index (χ0n) is 26.6. The first-order valence-corrected chi connectivity index (χ1v) is 15.5. The van der Waals surface area contributed by atoms with E-state index in [-0.39, 0.29) is 55.7 Å². The third-order valence-electron chi connectivity index (χ3n) is 8.69. The summed E-state index contributed by atoms with van der Waals surface area (Å²) in [5.41, 5.74) is -0.0466. The van der Waals surface area contributed by atoms with Crippen LogP contribution >= 0.6 is 0 Å². The number of ether oxygens (including phenoxy) is 3. The predicted octanol–water partition coefficient (Wildman–Crippen LogP) is 6.28. The summed E-state index contributed by atoms with van der Waals surface area (Å²) in [7, 11) is 1.50. The van der Waals surface area contributed by atoms with Crippen molar-refractivity contribution in [3.63, 3.8) is 0 Å². The Morgan fingerprint density at radius 3 is 2.47 bits per heavy atom. The number of piperidine rings is 1. The minimum atomic E-state index is -4.98. The van der Waals surface area contributed by atoms with E-state index in [4.69, 9.17) is 14.2 Å². The maximum absolute atomic E-state index is 14.9. The Morgan fingerprint density at radius 2 is 1.81 bits per heavy atom. The smallest absolute Gasteiger partial charge is 0.422 e. The molecule has 2 heterocycles. The van der Waals surface area contributed by atoms with E-state index >= 15 is 0 Å². The number of nitriles is 1. The van der Waals surface area contributed by atoms with Gasteiger partial charge in [0.25, 0.3) is 0 Å². The fraction of sp³-hybridized carbons (Fsp3) is 0.389. The second-order valence-electron chi connectivity index (χ2n) is 11.9. The molecular formula is C36H38F3N3O5. The normalized spacial score (nSPS) is 15.6. The van der Waals surface area contributed by atoms with Crippen LogP contribution in [-0.4, -0.2) is 66.2 Å². The van der Waals surface area contributed by atoms with Gasteiger partial charge in [-0.1, -0.05) is 36.4 Å². The highest BCUT2D eigenvalue weighted by atomic mass is 19.4. The number of aromatic nitrogens is 1. The van der Waals surface area contributed by atoms with Gasteiger partial charge in [0.05, 0.1) is 37.3 Å². The monoisotopic (exact) mass is 649 g/mol. The summed E-state index contributed by atoms with van der Waals surface area (Å²) in [6.45, 7) is 4.12. The SMILES string of the molecule is CCOC(=O)Cc1ccc(OC2CCN(CC(O)(c3cn(Cc4ccccc4C)c4cc(C#N)ccc34)C(F)(F)F)CC2)c(OC)c1. The number of carbonyl (C=O) groups is 1. The third-order valence-corrected chi connectivity index (χ3v) is 8.69. The first-order valence-electron chi connectivity index (χ1n) is 15.5. The number of aryl methyl sites for hydroxylation is 1. The van der Waals surface area contributed by atoms with Crippen molar-refractivity contribution in [2.45, 2.75) is 57.5 Å². The van der Waals surface area contributed by atoms with Crippen LogP contribution in [0.15, 0.2) is 66.9 Å². The molecule has 1 saturated heterocycles. The van der Waals surface area contributed by atoms with E-state index in [0.29, 0.717) is 41.0 Å². The Hall–Kier alpha value is -4.53. The Morgan fingerprint density at radius 1 is 1.06 bits per heavy atom. The molecule has 0 saturated carbocycles. The molecule has 1 aliphatic rings. The highest BCUT2D eigenvalue weighted by molar-refractivity contribution is 5.86. The number of β-amino-alcohol motifs (C(OH)–C–C–N with tert-alkyl or cyclic N) is 1. The number of carbonyl (C=O) groups excluding carboxylic acids is 1. The average Bonchev–Trinajstić information content (AvgIpc) is 3.41. The summed E-state index contributed by atoms with van der Waals surface area (Å²) < 4.78 is 63.1. The van der Waals surface area contributed by atoms with E-state index in [1.165, 1.54) is 25.4 Å². The molecular weight excluding hydrogens is 611 g/mol. The molecule has 248 valence electrons. The lowest BCUT2D eigenvalue weighted by atomic mass is 9.90. The number of alkyl halides is 3. The van der Waals surface area contributed by atoms with Gasteiger partial charge in [0.2, 0.25) is 5.60 Å². The highest BCUT2D eigenvalue weighted by Crippen LogP contribution is 2.44. The molecule has 1 unspecified atom stereocenters. The van der Waals surface area contributed by atoms with Crippen molar-refractivity contribution in [2.75, 3.05) is 33.4 Å². The molecule has 0 aliphatic carbocycles. The number of rotatable bonds is 11. The van der Waals surface area contributed by atoms with Crippen molar-refractivity contribution in [1.82, 2.24) is 9.47 Å². The third kappa shape index (κ3) is 7.39. The van der Waals surface area contributed by atoms with Crippen molar-refractivity contribution in [1.29, 1.82) is 5.26 Å². The summed E-state index contributed by atoms with van der Waals surface area (Å²) in [6.07, 6.45) is -2.93. The summed E-state index contributed by atoms with van der Waals surface area (Å²) in [6, 6.07) is 19.4. The van der Waals surface area contributed by atoms with Crippen LogP contribution in [-0.2, 0) is 28.1 Å². The van der Waals surface area contributed by atoms with Gasteiger partial charge in [0.1, 0.15) is 6.10 Å². The number of benzene rings is 3. The molecule has 8 nitrogen and oxygen atoms in total. The Kier molecular flexibility index (Phi) is 10.1. The van der Waals surface area contributed by atoms with Crippen molar-refractivity contribution in [3.05, 3.63) is 94.7 Å². The number of esters is 1. The van der Waals surface area contributed by atoms with Crippen LogP contribution in [0.3, 0.4) is 0 Å². The summed E-state index contributed by atoms with van der Waals surface area (Å²) >= 11 is 0. The number of aliphatic hydroxyl groups is 1. The molecule has 11 heteroatoms. The largest absolute Gasteiger partial charge is 0.493 e. The van der Waals surface area contributed by atoms with E-state index in [1.54, 1.807) is 40.7 Å². The maximum atomic E-state index is 14.9. The van der Waals surface area contributed by atoms with Crippen molar-refractivity contribution in [3.8, 4) is 17.6 Å². The first-order chi connectivity index (χ1) is 22.4. The van der Waals surface area contributed by atoms with E-state index in [9.17, 15) is 28.3 Å². The van der Waals surface area contributed by atoms with E-state index in [0.717, 1.165) is 11.1 Å². The van der Waals surface area contributed by atoms with Gasteiger partial charge in [0.15, 0.2) is 11.5 Å². The molecule has 5 rings (SSSR count). The van der Waals surface area contributed by atoms with Crippen LogP contribution in [0, 0.1) is 18.3 Å². The van der Waals surface area contributed by atoms with Crippen LogP contribution in [0.4, 0.5) is 13.2 Å². The lowest BCUT2D eigenvalue weighted by Crippen LogP contribution is -2.53. The van der Waals surface area contributed by atoms with Gasteiger partial charge in [-0.2, -0.15) is 18.4 Å². The zero-order chi connectivity index (χ0) is 33.8. The van der Waals surface area contributed by atoms with Gasteiger partial charge in [0, 0.05) is 43.3 Å². The molecule has 0 radical (unpaired) electrons. The van der Waals surface area contributed by atoms with Gasteiger partial charge in [-0.3, -0.25) is 9.69 Å². The van der Waals surface area contributed by atoms with Gasteiger partial charge in [-0.05, 0) is 67.6 Å². The molecule has 3 aromatic carbocycles. The van der Waals surface area contributed by atoms with E-state index < -0.39 is 18.3 Å². The second kappa shape index (κ2) is 14.1. The van der Waals surface area contributed by atoms with Crippen LogP contribution in [0.1, 0.15) is 47.6 Å². The molecule has 0 amide bonds. The second-order valence-corrected chi connectivity index (χ2v) is 11.9. The zero-order valence-corrected chi connectivity index (χ0v) is 26.6. The Balaban J connectivity index is 1.35. The maximum Gasteiger partial charge on any atom is 0.422 e. The quantitative estimate of drug-likeness (QED) is 0.191. The molecule has 1 aliphatic heterocycles. The van der Waals surface area contributed by atoms with Gasteiger partial charge < -0.3 is 23.9 Å². The number of hydrogen-bond donors (Lipinski definition) is 1. The molecule has 47 heavy (non-hydrogen) atoms. The lowest BCUT2D eigenvalue weighted by Gasteiger charge is -2.39. The molecule has 1 aromatic heterocycles. The lowest BCUT2D eigenvalue weighted by molar-refractivity contribution is -0.272. The molecule has 0 spiro atoms. The van der Waals surface area contributed by atoms with Gasteiger partial charge in [-0.15, -0.1) is 0 Å². The highest BCUT2D eigenvalue weighted by Gasteiger charge is 2.57. The number of hydrogen-bond acceptors (Lipinski definition) is 7. The van der Waals surface area contributed by atoms with Crippen LogP contribution in [0.2, 0.25) is 0 Å². The molecule has 1 fully saturated rings. The van der Waals surface area contributed by atoms with Crippen LogP contribution < -0.4 is 9.47 Å². The first kappa shape index (κ1) is 33.8. The number of methoxy groups -OCH3 is 1. The number of likely N-dealkylation sites (tertiary alicyclic amines) is 1. The van der Waals surface area contributed by atoms with Crippen molar-refractivity contribution >= 4 is 16.9 Å². The summed E-state index contributed by atoms with van der Waals surface area (Å²) in [5.74, 6) is 0.572. The minimum absolute atomic E-state index is 0.0923. The standard InChI is InChI=1S/C36H38F3N3O5/c1-4-46-34(43)19-25-10-12-32(33(18-25)45-3)47-28-13-15-41(16-14-28)23-35(44,36(37,38)39)30-22-42(21-27-8-6-5-7-24(27)2)31-17-26(20-40)9-11-29(30)31/h5-12,17-18,22,28,44H,4,13-16,19,21,23H2,1-3H3. The number of fused-ring (bicyclic) bond motifs is 1. The van der Waals surface area contributed by atoms with Crippen molar-refractivity contribution in [2.24, 2.45) is 0 Å². The summed E-state index contributed by atoms with van der Waals surface area (Å²) in [5, 5.41) is 21.4. The predicted molar refractivity (Wildman–Crippen MR) is 170 cm³/mol. The topological polar surface area (TPSA) is 97.0 Å². The van der Waals surface area contributed by atoms with E-state index in [2.05, 4.69) is 6.07 Å². The Bertz CT molecular complexity index is 1770. The minimum Gasteiger partial charge on any atom is -0.493 e. The Labute approximate surface area is 271 Å². The van der Waals surface area contributed by atoms with Gasteiger partial charge >= 0.3 is 12.1 Å². The molecule has 1 atom stereocenters. The molecule has 0 bridgehead atoms. The number of nitrogens with zero attached hydrogens (tertiary/aromatic N) is 3. The van der Waals surface area contributed by atoms with Crippen LogP contribution in [0.25, 0.3) is 10.9 Å². The molecule has 4 aromatic rings. The van der Waals surface area contributed by atoms with Crippen molar-refractivity contribution < 1.29 is 37.3 Å². The summed E-state index contributed by atoms with van der Waals surface area (Å²) in [4.78, 5) is 13.5. The fourth-order valence-corrected chi connectivity index (χ4v) is 6.11.